The van der Waals surface area contributed by atoms with E-state index in [1.54, 1.807) is 24.3 Å². The monoisotopic (exact) mass is 475 g/mol. The maximum Gasteiger partial charge on any atom is 0.268 e. The van der Waals surface area contributed by atoms with E-state index in [0.29, 0.717) is 29.6 Å². The SMILES string of the molecule is COc1cccc2[nH]c(C(=O)N[C@@H](CC(C)(C)F)C(=O)N[C@@H](C[C@@H]3CCNC3=O)C(N)=O)cc12. The van der Waals surface area contributed by atoms with Crippen LogP contribution in [0.15, 0.2) is 24.3 Å². The van der Waals surface area contributed by atoms with Gasteiger partial charge in [0.25, 0.3) is 5.91 Å². The molecule has 1 aromatic carbocycles. The Kier molecular flexibility index (Phi) is 7.43. The van der Waals surface area contributed by atoms with E-state index in [4.69, 9.17) is 10.5 Å². The van der Waals surface area contributed by atoms with Crippen LogP contribution in [0.3, 0.4) is 0 Å². The molecule has 6 N–H and O–H groups in total. The zero-order valence-electron chi connectivity index (χ0n) is 19.4. The molecule has 1 aliphatic heterocycles. The summed E-state index contributed by atoms with van der Waals surface area (Å²) in [6.45, 7) is 3.04. The molecule has 2 aromatic rings. The molecule has 2 heterocycles. The molecule has 4 amide bonds. The molecule has 11 heteroatoms. The molecule has 0 aliphatic carbocycles. The quantitative estimate of drug-likeness (QED) is 0.345. The van der Waals surface area contributed by atoms with Crippen LogP contribution in [0.5, 0.6) is 5.75 Å². The number of ether oxygens (including phenoxy) is 1. The summed E-state index contributed by atoms with van der Waals surface area (Å²) >= 11 is 0. The molecule has 0 radical (unpaired) electrons. The van der Waals surface area contributed by atoms with Crippen molar-refractivity contribution in [2.45, 2.75) is 50.9 Å². The minimum absolute atomic E-state index is 0.0222. The number of aromatic nitrogens is 1. The number of alkyl halides is 1. The van der Waals surface area contributed by atoms with E-state index in [1.165, 1.54) is 21.0 Å². The number of amides is 4. The third-order valence-corrected chi connectivity index (χ3v) is 5.74. The van der Waals surface area contributed by atoms with Gasteiger partial charge in [0.2, 0.25) is 17.7 Å². The zero-order chi connectivity index (χ0) is 25.0. The Bertz CT molecular complexity index is 1090. The number of nitrogens with two attached hydrogens (primary N) is 1. The number of hydrogen-bond acceptors (Lipinski definition) is 5. The molecule has 3 rings (SSSR count). The Balaban J connectivity index is 1.77. The minimum Gasteiger partial charge on any atom is -0.496 e. The van der Waals surface area contributed by atoms with Crippen molar-refractivity contribution in [3.8, 4) is 5.75 Å². The van der Waals surface area contributed by atoms with Gasteiger partial charge in [0.05, 0.1) is 7.11 Å². The third-order valence-electron chi connectivity index (χ3n) is 5.74. The van der Waals surface area contributed by atoms with Crippen LogP contribution in [0, 0.1) is 5.92 Å². The van der Waals surface area contributed by atoms with Crippen molar-refractivity contribution in [2.75, 3.05) is 13.7 Å². The summed E-state index contributed by atoms with van der Waals surface area (Å²) in [5.74, 6) is -2.34. The van der Waals surface area contributed by atoms with Crippen LogP contribution in [0.25, 0.3) is 10.9 Å². The van der Waals surface area contributed by atoms with Gasteiger partial charge in [-0.2, -0.15) is 0 Å². The van der Waals surface area contributed by atoms with E-state index in [0.717, 1.165) is 0 Å². The average molecular weight is 476 g/mol. The topological polar surface area (TPSA) is 155 Å². The Morgan fingerprint density at radius 1 is 1.26 bits per heavy atom. The van der Waals surface area contributed by atoms with Crippen LogP contribution >= 0.6 is 0 Å². The minimum atomic E-state index is -1.80. The fraction of sp³-hybridized carbons (Fsp3) is 0.478. The number of fused-ring (bicyclic) bond motifs is 1. The summed E-state index contributed by atoms with van der Waals surface area (Å²) in [4.78, 5) is 52.7. The number of nitrogens with one attached hydrogen (secondary N) is 4. The fourth-order valence-corrected chi connectivity index (χ4v) is 4.03. The molecule has 34 heavy (non-hydrogen) atoms. The van der Waals surface area contributed by atoms with Crippen molar-refractivity contribution >= 4 is 34.5 Å². The molecule has 10 nitrogen and oxygen atoms in total. The molecule has 1 fully saturated rings. The molecule has 0 saturated carbocycles. The normalized spacial score (nSPS) is 17.6. The number of benzene rings is 1. The summed E-state index contributed by atoms with van der Waals surface area (Å²) in [7, 11) is 1.51. The molecule has 184 valence electrons. The lowest BCUT2D eigenvalue weighted by Gasteiger charge is -2.26. The summed E-state index contributed by atoms with van der Waals surface area (Å²) in [6.07, 6.45) is 0.192. The number of primary amides is 1. The summed E-state index contributed by atoms with van der Waals surface area (Å²) in [5, 5.41) is 8.36. The number of carbonyl (C=O) groups is 4. The number of hydrogen-bond donors (Lipinski definition) is 5. The number of H-pyrrole nitrogens is 1. The van der Waals surface area contributed by atoms with E-state index in [-0.39, 0.29) is 24.4 Å². The third kappa shape index (κ3) is 6.03. The van der Waals surface area contributed by atoms with Crippen LogP contribution in [0.2, 0.25) is 0 Å². The number of aromatic amines is 1. The molecule has 0 spiro atoms. The van der Waals surface area contributed by atoms with Crippen LogP contribution in [0.4, 0.5) is 4.39 Å². The highest BCUT2D eigenvalue weighted by Gasteiger charge is 2.34. The Hall–Kier alpha value is -3.63. The molecular formula is C23H30FN5O5. The molecule has 3 atom stereocenters. The van der Waals surface area contributed by atoms with Gasteiger partial charge >= 0.3 is 0 Å². The molecular weight excluding hydrogens is 445 g/mol. The number of carbonyl (C=O) groups excluding carboxylic acids is 4. The maximum atomic E-state index is 14.5. The van der Waals surface area contributed by atoms with Gasteiger partial charge in [0, 0.05) is 29.8 Å². The standard InChI is InChI=1S/C23H30FN5O5/c1-23(2,24)11-17(22(33)28-15(19(25)30)9-12-7-8-26-20(12)31)29-21(32)16-10-13-14(27-16)5-4-6-18(13)34-3/h4-6,10,12,15,17,27H,7-9,11H2,1-3H3,(H2,25,30)(H,26,31)(H,28,33)(H,29,32)/t12-,15-,17-/m0/s1. The van der Waals surface area contributed by atoms with Gasteiger partial charge in [-0.1, -0.05) is 6.07 Å². The first-order valence-electron chi connectivity index (χ1n) is 11.0. The van der Waals surface area contributed by atoms with Gasteiger partial charge in [0.15, 0.2) is 0 Å². The average Bonchev–Trinajstić information content (AvgIpc) is 3.37. The van der Waals surface area contributed by atoms with Gasteiger partial charge in [-0.25, -0.2) is 4.39 Å². The van der Waals surface area contributed by atoms with Gasteiger partial charge in [-0.3, -0.25) is 19.2 Å². The lowest BCUT2D eigenvalue weighted by atomic mass is 9.96. The first-order valence-corrected chi connectivity index (χ1v) is 11.0. The first-order chi connectivity index (χ1) is 16.0. The highest BCUT2D eigenvalue weighted by atomic mass is 19.1. The second-order valence-corrected chi connectivity index (χ2v) is 9.03. The molecule has 0 bridgehead atoms. The van der Waals surface area contributed by atoms with E-state index in [2.05, 4.69) is 20.9 Å². The Morgan fingerprint density at radius 2 is 2.00 bits per heavy atom. The Morgan fingerprint density at radius 3 is 2.59 bits per heavy atom. The van der Waals surface area contributed by atoms with Crippen molar-refractivity contribution in [3.63, 3.8) is 0 Å². The molecule has 0 unspecified atom stereocenters. The van der Waals surface area contributed by atoms with Crippen LogP contribution in [-0.2, 0) is 14.4 Å². The predicted molar refractivity (Wildman–Crippen MR) is 123 cm³/mol. The maximum absolute atomic E-state index is 14.5. The summed E-state index contributed by atoms with van der Waals surface area (Å²) in [6, 6.07) is 4.41. The van der Waals surface area contributed by atoms with Gasteiger partial charge in [-0.15, -0.1) is 0 Å². The fourth-order valence-electron chi connectivity index (χ4n) is 4.03. The molecule has 1 aliphatic rings. The van der Waals surface area contributed by atoms with Gasteiger partial charge in [-0.05, 0) is 44.9 Å². The summed E-state index contributed by atoms with van der Waals surface area (Å²) < 4.78 is 19.8. The lowest BCUT2D eigenvalue weighted by molar-refractivity contribution is -0.130. The van der Waals surface area contributed by atoms with Gasteiger partial charge < -0.3 is 31.4 Å². The van der Waals surface area contributed by atoms with Crippen LogP contribution < -0.4 is 26.4 Å². The van der Waals surface area contributed by atoms with E-state index in [1.807, 2.05) is 0 Å². The first kappa shape index (κ1) is 25.0. The smallest absolute Gasteiger partial charge is 0.268 e. The predicted octanol–water partition coefficient (Wildman–Crippen LogP) is 0.909. The molecule has 1 aromatic heterocycles. The second-order valence-electron chi connectivity index (χ2n) is 9.03. The van der Waals surface area contributed by atoms with Gasteiger partial charge in [0.1, 0.15) is 29.2 Å². The number of halogens is 1. The molecule has 1 saturated heterocycles. The van der Waals surface area contributed by atoms with E-state index in [9.17, 15) is 23.6 Å². The lowest BCUT2D eigenvalue weighted by Crippen LogP contribution is -2.54. The Labute approximate surface area is 196 Å². The van der Waals surface area contributed by atoms with Crippen molar-refractivity contribution < 1.29 is 28.3 Å². The highest BCUT2D eigenvalue weighted by molar-refractivity contribution is 6.01. The van der Waals surface area contributed by atoms with Crippen LogP contribution in [-0.4, -0.2) is 60.0 Å². The summed E-state index contributed by atoms with van der Waals surface area (Å²) in [5.41, 5.74) is 4.44. The van der Waals surface area contributed by atoms with Crippen LogP contribution in [0.1, 0.15) is 43.6 Å². The zero-order valence-corrected chi connectivity index (χ0v) is 19.4. The van der Waals surface area contributed by atoms with E-state index >= 15 is 0 Å². The van der Waals surface area contributed by atoms with Crippen molar-refractivity contribution in [1.82, 2.24) is 20.9 Å². The highest BCUT2D eigenvalue weighted by Crippen LogP contribution is 2.26. The van der Waals surface area contributed by atoms with Crippen molar-refractivity contribution in [2.24, 2.45) is 11.7 Å². The second kappa shape index (κ2) is 10.1. The number of methoxy groups -OCH3 is 1. The van der Waals surface area contributed by atoms with E-state index < -0.39 is 41.4 Å². The van der Waals surface area contributed by atoms with Crippen molar-refractivity contribution in [3.05, 3.63) is 30.0 Å². The largest absolute Gasteiger partial charge is 0.496 e. The van der Waals surface area contributed by atoms with Crippen molar-refractivity contribution in [1.29, 1.82) is 0 Å². The number of rotatable bonds is 10.